The van der Waals surface area contributed by atoms with E-state index in [0.29, 0.717) is 46.0 Å². The molecule has 0 unspecified atom stereocenters. The van der Waals surface area contributed by atoms with Crippen molar-refractivity contribution in [2.45, 2.75) is 0 Å². The maximum Gasteiger partial charge on any atom is 0.169 e. The van der Waals surface area contributed by atoms with Crippen LogP contribution in [0.5, 0.6) is 46.0 Å². The van der Waals surface area contributed by atoms with Gasteiger partial charge in [-0.2, -0.15) is 0 Å². The molecule has 0 amide bonds. The number of hydrogen-bond acceptors (Lipinski definition) is 8. The van der Waals surface area contributed by atoms with Gasteiger partial charge in [0.25, 0.3) is 0 Å². The minimum atomic E-state index is 0.557. The summed E-state index contributed by atoms with van der Waals surface area (Å²) in [6.07, 6.45) is 0. The van der Waals surface area contributed by atoms with Crippen molar-refractivity contribution in [1.29, 1.82) is 0 Å². The molecule has 0 aliphatic carbocycles. The largest absolute Gasteiger partial charge is 0.497 e. The van der Waals surface area contributed by atoms with Crippen molar-refractivity contribution in [3.8, 4) is 57.1 Å². The second-order valence-corrected chi connectivity index (χ2v) is 10.2. The fraction of sp³-hybridized carbons (Fsp3) is 0.222. The maximum absolute atomic E-state index is 6.11. The van der Waals surface area contributed by atoms with Gasteiger partial charge in [0.2, 0.25) is 0 Å². The minimum Gasteiger partial charge on any atom is -0.497 e. The lowest BCUT2D eigenvalue weighted by Gasteiger charge is -2.23. The van der Waals surface area contributed by atoms with Crippen LogP contribution in [0.4, 0.5) is 0 Å². The lowest BCUT2D eigenvalue weighted by Crippen LogP contribution is -2.00. The van der Waals surface area contributed by atoms with Gasteiger partial charge in [0.15, 0.2) is 23.0 Å². The fourth-order valence-corrected chi connectivity index (χ4v) is 6.24. The minimum absolute atomic E-state index is 0.557. The molecule has 0 N–H and O–H groups in total. The predicted octanol–water partition coefficient (Wildman–Crippen LogP) is 8.04. The molecule has 8 nitrogen and oxygen atoms in total. The van der Waals surface area contributed by atoms with Gasteiger partial charge in [-0.05, 0) is 56.6 Å². The van der Waals surface area contributed by atoms with E-state index in [9.17, 15) is 0 Å². The lowest BCUT2D eigenvalue weighted by atomic mass is 9.88. The van der Waals surface area contributed by atoms with Crippen molar-refractivity contribution in [3.63, 3.8) is 0 Å². The molecule has 6 aromatic rings. The molecule has 0 fully saturated rings. The van der Waals surface area contributed by atoms with E-state index in [1.807, 2.05) is 36.4 Å². The van der Waals surface area contributed by atoms with Crippen LogP contribution in [0.15, 0.2) is 60.7 Å². The third kappa shape index (κ3) is 4.28. The third-order valence-corrected chi connectivity index (χ3v) is 8.19. The average molecular weight is 595 g/mol. The Labute approximate surface area is 255 Å². The van der Waals surface area contributed by atoms with Gasteiger partial charge < -0.3 is 37.9 Å². The number of fused-ring (bicyclic) bond motifs is 6. The Kier molecular flexibility index (Phi) is 7.51. The van der Waals surface area contributed by atoms with Crippen molar-refractivity contribution in [2.24, 2.45) is 0 Å². The number of hydrogen-bond donors (Lipinski definition) is 0. The Morgan fingerprint density at radius 3 is 1.05 bits per heavy atom. The molecule has 0 atom stereocenters. The van der Waals surface area contributed by atoms with E-state index in [1.165, 1.54) is 0 Å². The summed E-state index contributed by atoms with van der Waals surface area (Å²) in [4.78, 5) is 0. The Hall–Kier alpha value is -5.24. The van der Waals surface area contributed by atoms with Gasteiger partial charge in [-0.25, -0.2) is 0 Å². The molecule has 0 saturated carbocycles. The van der Waals surface area contributed by atoms with Crippen LogP contribution in [0.1, 0.15) is 0 Å². The quantitative estimate of drug-likeness (QED) is 0.156. The average Bonchev–Trinajstić information content (AvgIpc) is 3.07. The second kappa shape index (κ2) is 11.4. The summed E-state index contributed by atoms with van der Waals surface area (Å²) in [5, 5.41) is 7.39. The predicted molar refractivity (Wildman–Crippen MR) is 174 cm³/mol. The molecule has 0 aromatic heterocycles. The summed E-state index contributed by atoms with van der Waals surface area (Å²) in [6.45, 7) is 0. The van der Waals surface area contributed by atoms with Crippen LogP contribution in [0.25, 0.3) is 54.2 Å². The van der Waals surface area contributed by atoms with E-state index in [4.69, 9.17) is 37.9 Å². The Morgan fingerprint density at radius 2 is 0.727 bits per heavy atom. The Morgan fingerprint density at radius 1 is 0.341 bits per heavy atom. The fourth-order valence-electron chi connectivity index (χ4n) is 6.24. The van der Waals surface area contributed by atoms with E-state index in [-0.39, 0.29) is 0 Å². The molecular formula is C36H34O8. The van der Waals surface area contributed by atoms with Crippen LogP contribution in [-0.4, -0.2) is 56.9 Å². The Bertz CT molecular complexity index is 1920. The summed E-state index contributed by atoms with van der Waals surface area (Å²) in [6, 6.07) is 20.0. The molecule has 6 aromatic carbocycles. The highest BCUT2D eigenvalue weighted by Gasteiger charge is 2.27. The molecule has 8 heteroatoms. The molecule has 0 radical (unpaired) electrons. The molecule has 226 valence electrons. The van der Waals surface area contributed by atoms with Crippen LogP contribution in [0.2, 0.25) is 0 Å². The number of methoxy groups -OCH3 is 8. The lowest BCUT2D eigenvalue weighted by molar-refractivity contribution is 0.353. The number of benzene rings is 6. The first kappa shape index (κ1) is 28.9. The van der Waals surface area contributed by atoms with Crippen molar-refractivity contribution < 1.29 is 37.9 Å². The van der Waals surface area contributed by atoms with Crippen molar-refractivity contribution in [1.82, 2.24) is 0 Å². The normalized spacial score (nSPS) is 11.2. The van der Waals surface area contributed by atoms with Crippen LogP contribution < -0.4 is 37.9 Å². The van der Waals surface area contributed by atoms with E-state index < -0.39 is 0 Å². The summed E-state index contributed by atoms with van der Waals surface area (Å²) in [7, 11) is 13.1. The highest BCUT2D eigenvalue weighted by molar-refractivity contribution is 6.22. The van der Waals surface area contributed by atoms with Crippen LogP contribution in [0.3, 0.4) is 0 Å². The molecule has 0 aliphatic heterocycles. The molecule has 0 spiro atoms. The van der Waals surface area contributed by atoms with Crippen LogP contribution in [0, 0.1) is 0 Å². The van der Waals surface area contributed by atoms with Crippen LogP contribution in [-0.2, 0) is 0 Å². The topological polar surface area (TPSA) is 73.8 Å². The molecule has 6 rings (SSSR count). The Balaban J connectivity index is 1.87. The van der Waals surface area contributed by atoms with E-state index in [2.05, 4.69) is 24.3 Å². The van der Waals surface area contributed by atoms with E-state index in [0.717, 1.165) is 54.2 Å². The maximum atomic E-state index is 6.11. The highest BCUT2D eigenvalue weighted by Crippen LogP contribution is 2.55. The van der Waals surface area contributed by atoms with Gasteiger partial charge in [0.1, 0.15) is 23.0 Å². The first-order chi connectivity index (χ1) is 21.5. The second-order valence-electron chi connectivity index (χ2n) is 10.2. The molecule has 0 heterocycles. The zero-order chi connectivity index (χ0) is 31.1. The van der Waals surface area contributed by atoms with Crippen molar-refractivity contribution in [3.05, 3.63) is 60.7 Å². The van der Waals surface area contributed by atoms with Gasteiger partial charge in [0, 0.05) is 34.0 Å². The van der Waals surface area contributed by atoms with E-state index >= 15 is 0 Å². The van der Waals surface area contributed by atoms with Gasteiger partial charge in [0.05, 0.1) is 56.9 Å². The van der Waals surface area contributed by atoms with Gasteiger partial charge >= 0.3 is 0 Å². The summed E-state index contributed by atoms with van der Waals surface area (Å²) >= 11 is 0. The standard InChI is InChI=1S/C36H34O8/c1-37-21-13-19-9-11-23-25(31(19)27(15-21)39-3)17-29(41-5)35(43-7)33(23)34-24-12-10-20-14-22(38-2)16-28(40-4)32(20)26(24)18-30(42-6)36(34)44-8/h9-18H,1-8H3. The summed E-state index contributed by atoms with van der Waals surface area (Å²) < 4.78 is 47.0. The van der Waals surface area contributed by atoms with Gasteiger partial charge in [-0.3, -0.25) is 0 Å². The van der Waals surface area contributed by atoms with Gasteiger partial charge in [-0.1, -0.05) is 24.3 Å². The number of ether oxygens (including phenoxy) is 8. The first-order valence-electron chi connectivity index (χ1n) is 13.9. The van der Waals surface area contributed by atoms with Crippen molar-refractivity contribution in [2.75, 3.05) is 56.9 Å². The molecule has 44 heavy (non-hydrogen) atoms. The zero-order valence-electron chi connectivity index (χ0n) is 26.0. The summed E-state index contributed by atoms with van der Waals surface area (Å²) in [5.74, 6) is 4.98. The number of rotatable bonds is 9. The molecular weight excluding hydrogens is 560 g/mol. The smallest absolute Gasteiger partial charge is 0.169 e. The van der Waals surface area contributed by atoms with Crippen LogP contribution >= 0.6 is 0 Å². The molecule has 0 saturated heterocycles. The summed E-state index contributed by atoms with van der Waals surface area (Å²) in [5.41, 5.74) is 1.57. The highest BCUT2D eigenvalue weighted by atomic mass is 16.5. The first-order valence-corrected chi connectivity index (χ1v) is 13.9. The SMILES string of the molecule is COc1cc(OC)c2c(ccc3c(-c4c(OC)c(OC)cc5c4ccc4cc(OC)cc(OC)c45)c(OC)c(OC)cc32)c1. The zero-order valence-corrected chi connectivity index (χ0v) is 26.0. The monoisotopic (exact) mass is 594 g/mol. The molecule has 0 aliphatic rings. The molecule has 0 bridgehead atoms. The third-order valence-electron chi connectivity index (χ3n) is 8.19. The van der Waals surface area contributed by atoms with Crippen molar-refractivity contribution >= 4 is 43.1 Å². The van der Waals surface area contributed by atoms with Gasteiger partial charge in [-0.15, -0.1) is 0 Å². The van der Waals surface area contributed by atoms with E-state index in [1.54, 1.807) is 56.9 Å².